The molecule has 0 saturated carbocycles. The van der Waals surface area contributed by atoms with Gasteiger partial charge in [-0.15, -0.1) is 11.8 Å². The summed E-state index contributed by atoms with van der Waals surface area (Å²) in [5, 5.41) is 40.7. The van der Waals surface area contributed by atoms with Gasteiger partial charge in [0.05, 0.1) is 23.6 Å². The number of aliphatic hydroxyl groups is 1. The van der Waals surface area contributed by atoms with E-state index in [1.807, 2.05) is 0 Å². The highest BCUT2D eigenvalue weighted by Crippen LogP contribution is 2.52. The standard InChI is InChI=1S/C23H25N3O9S/c1-9-16-15(10(2)27)20(29)26(16)17(22(32)33)18(9)36-13-7-14(25(8-13)23(34)35)19(28)24-12-5-3-4-11(6-12)21(30)31/h3-6,9-10,13-16,27H,7-8H2,1-2H3,(H,24,28)(H,30,31)(H,32,33)(H,34,35)/t9-,10-,13+,14+,15-,16?/m1/s1. The zero-order valence-electron chi connectivity index (χ0n) is 19.3. The van der Waals surface area contributed by atoms with Crippen molar-refractivity contribution >= 4 is 47.3 Å². The van der Waals surface area contributed by atoms with Crippen molar-refractivity contribution in [2.45, 2.75) is 43.7 Å². The number of aliphatic carboxylic acids is 1. The average molecular weight is 520 g/mol. The lowest BCUT2D eigenvalue weighted by atomic mass is 9.79. The van der Waals surface area contributed by atoms with Crippen LogP contribution in [0.4, 0.5) is 10.5 Å². The molecular formula is C23H25N3O9S. The van der Waals surface area contributed by atoms with Gasteiger partial charge in [0.25, 0.3) is 0 Å². The van der Waals surface area contributed by atoms with Crippen LogP contribution < -0.4 is 5.32 Å². The number of likely N-dealkylation sites (tertiary alicyclic amines) is 1. The number of carboxylic acid groups (broad SMARTS) is 3. The van der Waals surface area contributed by atoms with E-state index in [1.54, 1.807) is 6.92 Å². The van der Waals surface area contributed by atoms with Crippen LogP contribution in [-0.2, 0) is 14.4 Å². The molecule has 6 atom stereocenters. The predicted octanol–water partition coefficient (Wildman–Crippen LogP) is 1.33. The number of nitrogens with zero attached hydrogens (tertiary/aromatic N) is 2. The maximum absolute atomic E-state index is 12.9. The molecule has 12 nitrogen and oxygen atoms in total. The molecule has 13 heteroatoms. The molecule has 1 aromatic rings. The molecule has 0 spiro atoms. The minimum Gasteiger partial charge on any atom is -0.478 e. The Labute approximate surface area is 209 Å². The number of rotatable bonds is 7. The van der Waals surface area contributed by atoms with E-state index in [0.717, 1.165) is 16.7 Å². The molecular weight excluding hydrogens is 494 g/mol. The second kappa shape index (κ2) is 9.47. The zero-order valence-corrected chi connectivity index (χ0v) is 20.1. The van der Waals surface area contributed by atoms with Crippen molar-refractivity contribution in [1.29, 1.82) is 0 Å². The van der Waals surface area contributed by atoms with Gasteiger partial charge in [0, 0.05) is 28.3 Å². The number of fused-ring (bicyclic) bond motifs is 1. The monoisotopic (exact) mass is 519 g/mol. The number of thioether (sulfide) groups is 1. The lowest BCUT2D eigenvalue weighted by Gasteiger charge is -2.46. The first-order valence-electron chi connectivity index (χ1n) is 11.2. The van der Waals surface area contributed by atoms with Gasteiger partial charge in [0.2, 0.25) is 11.8 Å². The van der Waals surface area contributed by atoms with Gasteiger partial charge >= 0.3 is 18.0 Å². The maximum atomic E-state index is 12.9. The first kappa shape index (κ1) is 25.5. The molecule has 2 fully saturated rings. The Morgan fingerprint density at radius 3 is 2.42 bits per heavy atom. The molecule has 3 amide bonds. The van der Waals surface area contributed by atoms with E-state index >= 15 is 0 Å². The number of anilines is 1. The van der Waals surface area contributed by atoms with Gasteiger partial charge in [-0.3, -0.25) is 14.5 Å². The van der Waals surface area contributed by atoms with Gasteiger partial charge in [-0.25, -0.2) is 14.4 Å². The van der Waals surface area contributed by atoms with Crippen LogP contribution in [0.3, 0.4) is 0 Å². The molecule has 5 N–H and O–H groups in total. The molecule has 1 unspecified atom stereocenters. The number of hydrogen-bond donors (Lipinski definition) is 5. The predicted molar refractivity (Wildman–Crippen MR) is 126 cm³/mol. The van der Waals surface area contributed by atoms with Crippen LogP contribution >= 0.6 is 11.8 Å². The first-order valence-corrected chi connectivity index (χ1v) is 12.1. The Morgan fingerprint density at radius 2 is 1.83 bits per heavy atom. The Hall–Kier alpha value is -3.58. The van der Waals surface area contributed by atoms with Crippen molar-refractivity contribution in [3.05, 3.63) is 40.4 Å². The third-order valence-corrected chi connectivity index (χ3v) is 8.29. The summed E-state index contributed by atoms with van der Waals surface area (Å²) in [6.07, 6.45) is -2.18. The van der Waals surface area contributed by atoms with Crippen LogP contribution in [-0.4, -0.2) is 90.1 Å². The topological polar surface area (TPSA) is 185 Å². The van der Waals surface area contributed by atoms with E-state index in [-0.39, 0.29) is 35.8 Å². The van der Waals surface area contributed by atoms with Crippen LogP contribution in [0.15, 0.2) is 34.9 Å². The summed E-state index contributed by atoms with van der Waals surface area (Å²) < 4.78 is 0. The summed E-state index contributed by atoms with van der Waals surface area (Å²) in [5.41, 5.74) is -0.00544. The third-order valence-electron chi connectivity index (χ3n) is 6.79. The number of β-lactam (4-membered cyclic amide) rings is 1. The number of carbonyl (C=O) groups excluding carboxylic acids is 2. The number of aliphatic hydroxyl groups excluding tert-OH is 1. The van der Waals surface area contributed by atoms with Crippen LogP contribution in [0.25, 0.3) is 0 Å². The minimum atomic E-state index is -1.32. The van der Waals surface area contributed by atoms with Crippen LogP contribution in [0, 0.1) is 11.8 Å². The van der Waals surface area contributed by atoms with Crippen molar-refractivity contribution in [3.63, 3.8) is 0 Å². The first-order chi connectivity index (χ1) is 16.9. The summed E-state index contributed by atoms with van der Waals surface area (Å²) in [6.45, 7) is 3.20. The maximum Gasteiger partial charge on any atom is 0.408 e. The van der Waals surface area contributed by atoms with E-state index in [1.165, 1.54) is 36.1 Å². The van der Waals surface area contributed by atoms with E-state index in [0.29, 0.717) is 4.91 Å². The van der Waals surface area contributed by atoms with Gasteiger partial charge in [-0.05, 0) is 31.5 Å². The summed E-state index contributed by atoms with van der Waals surface area (Å²) in [4.78, 5) is 63.1. The van der Waals surface area contributed by atoms with Gasteiger partial charge in [0.15, 0.2) is 0 Å². The number of benzene rings is 1. The normalized spacial score (nSPS) is 28.0. The molecule has 3 aliphatic rings. The fourth-order valence-corrected chi connectivity index (χ4v) is 6.68. The molecule has 2 saturated heterocycles. The number of nitrogens with one attached hydrogen (secondary N) is 1. The van der Waals surface area contributed by atoms with Gasteiger partial charge in [-0.1, -0.05) is 13.0 Å². The number of aromatic carboxylic acids is 1. The van der Waals surface area contributed by atoms with E-state index < -0.39 is 59.2 Å². The van der Waals surface area contributed by atoms with Gasteiger partial charge in [0.1, 0.15) is 11.7 Å². The molecule has 36 heavy (non-hydrogen) atoms. The summed E-state index contributed by atoms with van der Waals surface area (Å²) in [5.74, 6) is -4.66. The van der Waals surface area contributed by atoms with Crippen LogP contribution in [0.2, 0.25) is 0 Å². The SMILES string of the molecule is C[C@H]1C(S[C@H]2C[C@@H](C(=O)Nc3cccc(C(=O)O)c3)N(C(=O)O)C2)=C(C(=O)O)N2C(=O)[C@H]([C@@H](C)O)C12. The minimum absolute atomic E-state index is 0.0409. The molecule has 3 aliphatic heterocycles. The summed E-state index contributed by atoms with van der Waals surface area (Å²) >= 11 is 1.14. The molecule has 0 bridgehead atoms. The van der Waals surface area contributed by atoms with Crippen LogP contribution in [0.1, 0.15) is 30.6 Å². The molecule has 4 rings (SSSR count). The molecule has 0 radical (unpaired) electrons. The van der Waals surface area contributed by atoms with Crippen molar-refractivity contribution in [3.8, 4) is 0 Å². The summed E-state index contributed by atoms with van der Waals surface area (Å²) in [7, 11) is 0. The molecule has 1 aromatic carbocycles. The molecule has 0 aliphatic carbocycles. The molecule has 3 heterocycles. The van der Waals surface area contributed by atoms with E-state index in [9.17, 15) is 39.3 Å². The van der Waals surface area contributed by atoms with Crippen molar-refractivity contribution in [1.82, 2.24) is 9.80 Å². The number of carbonyl (C=O) groups is 5. The highest BCUT2D eigenvalue weighted by atomic mass is 32.2. The Morgan fingerprint density at radius 1 is 1.14 bits per heavy atom. The lowest BCUT2D eigenvalue weighted by Crippen LogP contribution is -2.63. The van der Waals surface area contributed by atoms with Crippen molar-refractivity contribution in [2.24, 2.45) is 11.8 Å². The summed E-state index contributed by atoms with van der Waals surface area (Å²) in [6, 6.07) is 3.98. The lowest BCUT2D eigenvalue weighted by molar-refractivity contribution is -0.163. The third kappa shape index (κ3) is 4.28. The highest BCUT2D eigenvalue weighted by molar-refractivity contribution is 8.03. The number of amides is 3. The molecule has 0 aromatic heterocycles. The Balaban J connectivity index is 1.53. The Bertz CT molecular complexity index is 1180. The van der Waals surface area contributed by atoms with Crippen molar-refractivity contribution < 1.29 is 44.4 Å². The van der Waals surface area contributed by atoms with E-state index in [4.69, 9.17) is 5.11 Å². The van der Waals surface area contributed by atoms with Crippen molar-refractivity contribution in [2.75, 3.05) is 11.9 Å². The largest absolute Gasteiger partial charge is 0.478 e. The van der Waals surface area contributed by atoms with Gasteiger partial charge < -0.3 is 30.6 Å². The zero-order chi connectivity index (χ0) is 26.5. The average Bonchev–Trinajstić information content (AvgIpc) is 3.32. The quantitative estimate of drug-likeness (QED) is 0.329. The Kier molecular flexibility index (Phi) is 6.71. The highest BCUT2D eigenvalue weighted by Gasteiger charge is 2.60. The van der Waals surface area contributed by atoms with E-state index in [2.05, 4.69) is 5.32 Å². The fraction of sp³-hybridized carbons (Fsp3) is 0.435. The second-order valence-electron chi connectivity index (χ2n) is 9.07. The number of carboxylic acids is 2. The fourth-order valence-electron chi connectivity index (χ4n) is 5.16. The number of hydrogen-bond acceptors (Lipinski definition) is 7. The second-order valence-corrected chi connectivity index (χ2v) is 10.4. The smallest absolute Gasteiger partial charge is 0.408 e. The van der Waals surface area contributed by atoms with Gasteiger partial charge in [-0.2, -0.15) is 0 Å². The van der Waals surface area contributed by atoms with Crippen LogP contribution in [0.5, 0.6) is 0 Å². The molecule has 192 valence electrons.